The molecular formula is C18H17Cl2NO3. The van der Waals surface area contributed by atoms with Gasteiger partial charge in [0.2, 0.25) is 0 Å². The first-order chi connectivity index (χ1) is 11.4. The Kier molecular flexibility index (Phi) is 6.64. The number of benzene rings is 2. The van der Waals surface area contributed by atoms with Gasteiger partial charge in [0.05, 0.1) is 10.0 Å². The van der Waals surface area contributed by atoms with Crippen molar-refractivity contribution < 1.29 is 14.3 Å². The second-order valence-electron chi connectivity index (χ2n) is 5.31. The Balaban J connectivity index is 1.82. The van der Waals surface area contributed by atoms with Gasteiger partial charge in [-0.1, -0.05) is 35.3 Å². The van der Waals surface area contributed by atoms with Crippen LogP contribution in [0.3, 0.4) is 0 Å². The Morgan fingerprint density at radius 1 is 1.04 bits per heavy atom. The molecule has 0 saturated carbocycles. The van der Waals surface area contributed by atoms with Crippen molar-refractivity contribution in [3.63, 3.8) is 0 Å². The highest BCUT2D eigenvalue weighted by Gasteiger charge is 2.06. The lowest BCUT2D eigenvalue weighted by atomic mass is 10.1. The molecule has 0 atom stereocenters. The molecule has 6 heteroatoms. The van der Waals surface area contributed by atoms with Gasteiger partial charge in [0.25, 0.3) is 5.91 Å². The van der Waals surface area contributed by atoms with Crippen molar-refractivity contribution in [2.24, 2.45) is 0 Å². The molecule has 0 bridgehead atoms. The molecule has 0 aliphatic heterocycles. The molecule has 126 valence electrons. The fourth-order valence-corrected chi connectivity index (χ4v) is 2.29. The van der Waals surface area contributed by atoms with Gasteiger partial charge in [-0.3, -0.25) is 4.79 Å². The molecule has 24 heavy (non-hydrogen) atoms. The molecule has 1 amide bonds. The minimum atomic E-state index is -0.297. The molecule has 1 N–H and O–H groups in total. The summed E-state index contributed by atoms with van der Waals surface area (Å²) in [5.41, 5.74) is 1.61. The predicted octanol–water partition coefficient (Wildman–Crippen LogP) is 4.53. The molecule has 0 unspecified atom stereocenters. The highest BCUT2D eigenvalue weighted by atomic mass is 35.5. The number of Topliss-reactive ketones (excluding diaryl/α,β-unsaturated/α-hetero) is 1. The normalized spacial score (nSPS) is 10.3. The number of halogens is 2. The topological polar surface area (TPSA) is 55.4 Å². The molecule has 0 aliphatic rings. The number of nitrogens with one attached hydrogen (secondary N) is 1. The van der Waals surface area contributed by atoms with Crippen molar-refractivity contribution in [3.05, 3.63) is 58.1 Å². The summed E-state index contributed by atoms with van der Waals surface area (Å²) in [5, 5.41) is 3.48. The highest BCUT2D eigenvalue weighted by Crippen LogP contribution is 2.25. The maximum absolute atomic E-state index is 11.9. The molecule has 0 fully saturated rings. The van der Waals surface area contributed by atoms with Crippen molar-refractivity contribution >= 4 is 40.6 Å². The van der Waals surface area contributed by atoms with Crippen LogP contribution in [0.25, 0.3) is 0 Å². The Morgan fingerprint density at radius 2 is 1.75 bits per heavy atom. The third-order valence-electron chi connectivity index (χ3n) is 3.26. The number of amides is 1. The Bertz CT molecular complexity index is 730. The molecule has 2 rings (SSSR count). The van der Waals surface area contributed by atoms with Crippen molar-refractivity contribution in [1.29, 1.82) is 0 Å². The van der Waals surface area contributed by atoms with E-state index < -0.39 is 0 Å². The van der Waals surface area contributed by atoms with Crippen molar-refractivity contribution in [2.45, 2.75) is 19.8 Å². The number of rotatable bonds is 7. The second-order valence-corrected chi connectivity index (χ2v) is 6.13. The van der Waals surface area contributed by atoms with Gasteiger partial charge in [0.15, 0.2) is 6.61 Å². The van der Waals surface area contributed by atoms with E-state index in [1.807, 2.05) is 12.1 Å². The minimum absolute atomic E-state index is 0.118. The summed E-state index contributed by atoms with van der Waals surface area (Å²) in [6.07, 6.45) is 1.22. The van der Waals surface area contributed by atoms with Crippen LogP contribution in [0.2, 0.25) is 10.0 Å². The highest BCUT2D eigenvalue weighted by molar-refractivity contribution is 6.42. The SMILES string of the molecule is CC(=O)CCc1ccc(OCC(=O)Nc2ccc(Cl)c(Cl)c2)cc1. The van der Waals surface area contributed by atoms with Gasteiger partial charge < -0.3 is 14.8 Å². The number of ether oxygens (including phenoxy) is 1. The van der Waals surface area contributed by atoms with Crippen LogP contribution >= 0.6 is 23.2 Å². The smallest absolute Gasteiger partial charge is 0.262 e. The van der Waals surface area contributed by atoms with Gasteiger partial charge in [-0.25, -0.2) is 0 Å². The fourth-order valence-electron chi connectivity index (χ4n) is 1.99. The van der Waals surface area contributed by atoms with Crippen molar-refractivity contribution in [3.8, 4) is 5.75 Å². The number of hydrogen-bond donors (Lipinski definition) is 1. The van der Waals surface area contributed by atoms with Crippen LogP contribution < -0.4 is 10.1 Å². The Labute approximate surface area is 150 Å². The van der Waals surface area contributed by atoms with Crippen LogP contribution in [0, 0.1) is 0 Å². The van der Waals surface area contributed by atoms with E-state index in [4.69, 9.17) is 27.9 Å². The maximum atomic E-state index is 11.9. The van der Waals surface area contributed by atoms with E-state index in [-0.39, 0.29) is 18.3 Å². The predicted molar refractivity (Wildman–Crippen MR) is 96.0 cm³/mol. The van der Waals surface area contributed by atoms with E-state index in [9.17, 15) is 9.59 Å². The molecular weight excluding hydrogens is 349 g/mol. The molecule has 0 aromatic heterocycles. The van der Waals surface area contributed by atoms with Crippen LogP contribution in [0.4, 0.5) is 5.69 Å². The van der Waals surface area contributed by atoms with E-state index >= 15 is 0 Å². The van der Waals surface area contributed by atoms with E-state index in [0.717, 1.165) is 5.56 Å². The summed E-state index contributed by atoms with van der Waals surface area (Å²) >= 11 is 11.7. The van der Waals surface area contributed by atoms with Gasteiger partial charge in [-0.2, -0.15) is 0 Å². The van der Waals surface area contributed by atoms with E-state index in [1.165, 1.54) is 0 Å². The molecule has 0 heterocycles. The number of hydrogen-bond acceptors (Lipinski definition) is 3. The monoisotopic (exact) mass is 365 g/mol. The van der Waals surface area contributed by atoms with E-state index in [2.05, 4.69) is 5.32 Å². The van der Waals surface area contributed by atoms with Gasteiger partial charge in [0, 0.05) is 12.1 Å². The first-order valence-corrected chi connectivity index (χ1v) is 8.16. The van der Waals surface area contributed by atoms with Gasteiger partial charge in [-0.05, 0) is 49.2 Å². The molecule has 0 aliphatic carbocycles. The largest absolute Gasteiger partial charge is 0.484 e. The van der Waals surface area contributed by atoms with E-state index in [1.54, 1.807) is 37.3 Å². The van der Waals surface area contributed by atoms with Gasteiger partial charge in [-0.15, -0.1) is 0 Å². The Morgan fingerprint density at radius 3 is 2.38 bits per heavy atom. The van der Waals surface area contributed by atoms with Crippen LogP contribution in [-0.2, 0) is 16.0 Å². The van der Waals surface area contributed by atoms with Crippen molar-refractivity contribution in [2.75, 3.05) is 11.9 Å². The van der Waals surface area contributed by atoms with Crippen LogP contribution in [0.5, 0.6) is 5.75 Å². The molecule has 2 aromatic carbocycles. The van der Waals surface area contributed by atoms with Crippen LogP contribution in [0.1, 0.15) is 18.9 Å². The van der Waals surface area contributed by atoms with Crippen LogP contribution in [0.15, 0.2) is 42.5 Å². The van der Waals surface area contributed by atoms with Gasteiger partial charge >= 0.3 is 0 Å². The molecule has 0 saturated heterocycles. The third kappa shape index (κ3) is 5.87. The molecule has 0 radical (unpaired) electrons. The number of carbonyl (C=O) groups excluding carboxylic acids is 2. The number of carbonyl (C=O) groups is 2. The van der Waals surface area contributed by atoms with Crippen molar-refractivity contribution in [1.82, 2.24) is 0 Å². The summed E-state index contributed by atoms with van der Waals surface area (Å²) in [7, 11) is 0. The first kappa shape index (κ1) is 18.3. The van der Waals surface area contributed by atoms with E-state index in [0.29, 0.717) is 34.3 Å². The minimum Gasteiger partial charge on any atom is -0.484 e. The lowest BCUT2D eigenvalue weighted by Crippen LogP contribution is -2.20. The summed E-state index contributed by atoms with van der Waals surface area (Å²) < 4.78 is 5.44. The molecule has 4 nitrogen and oxygen atoms in total. The third-order valence-corrected chi connectivity index (χ3v) is 4.00. The zero-order valence-electron chi connectivity index (χ0n) is 13.1. The zero-order chi connectivity index (χ0) is 17.5. The van der Waals surface area contributed by atoms with Crippen LogP contribution in [-0.4, -0.2) is 18.3 Å². The lowest BCUT2D eigenvalue weighted by Gasteiger charge is -2.09. The number of anilines is 1. The second kappa shape index (κ2) is 8.71. The fraction of sp³-hybridized carbons (Fsp3) is 0.222. The maximum Gasteiger partial charge on any atom is 0.262 e. The van der Waals surface area contributed by atoms with Gasteiger partial charge in [0.1, 0.15) is 11.5 Å². The summed E-state index contributed by atoms with van der Waals surface area (Å²) in [6, 6.07) is 12.2. The first-order valence-electron chi connectivity index (χ1n) is 7.40. The number of aryl methyl sites for hydroxylation is 1. The summed E-state index contributed by atoms with van der Waals surface area (Å²) in [6.45, 7) is 1.46. The molecule has 0 spiro atoms. The Hall–Kier alpha value is -2.04. The average Bonchev–Trinajstić information content (AvgIpc) is 2.55. The standard InChI is InChI=1S/C18H17Cl2NO3/c1-12(22)2-3-13-4-7-15(8-5-13)24-11-18(23)21-14-6-9-16(19)17(20)10-14/h4-10H,2-3,11H2,1H3,(H,21,23). The molecule has 2 aromatic rings. The number of ketones is 1. The average molecular weight is 366 g/mol. The zero-order valence-corrected chi connectivity index (χ0v) is 14.7. The lowest BCUT2D eigenvalue weighted by molar-refractivity contribution is -0.118. The quantitative estimate of drug-likeness (QED) is 0.783. The summed E-state index contributed by atoms with van der Waals surface area (Å²) in [4.78, 5) is 22.8. The summed E-state index contributed by atoms with van der Waals surface area (Å²) in [5.74, 6) is 0.453.